The van der Waals surface area contributed by atoms with Crippen LogP contribution in [0.25, 0.3) is 10.9 Å². The second-order valence-corrected chi connectivity index (χ2v) is 5.55. The Bertz CT molecular complexity index is 869. The molecule has 2 aromatic carbocycles. The van der Waals surface area contributed by atoms with Crippen LogP contribution in [-0.4, -0.2) is 22.4 Å². The first-order valence-corrected chi connectivity index (χ1v) is 7.21. The largest absolute Gasteiger partial charge is 0.340 e. The lowest BCUT2D eigenvalue weighted by molar-refractivity contribution is 0.0776. The molecule has 0 aliphatic rings. The molecule has 0 saturated carbocycles. The standard InChI is InChI=1S/C18H16F2N2O/c1-21(11-12-6-8-13(19)9-7-12)18(23)17-10-14-15(20)4-3-5-16(14)22(17)2/h3-10H,11H2,1-2H3. The van der Waals surface area contributed by atoms with Crippen molar-refractivity contribution in [3.8, 4) is 0 Å². The normalized spacial score (nSPS) is 11.0. The number of nitrogens with zero attached hydrogens (tertiary/aromatic N) is 2. The molecule has 0 spiro atoms. The van der Waals surface area contributed by atoms with E-state index in [1.807, 2.05) is 0 Å². The van der Waals surface area contributed by atoms with Gasteiger partial charge in [-0.25, -0.2) is 8.78 Å². The highest BCUT2D eigenvalue weighted by atomic mass is 19.1. The molecule has 1 heterocycles. The number of rotatable bonds is 3. The van der Waals surface area contributed by atoms with E-state index in [1.165, 1.54) is 23.1 Å². The van der Waals surface area contributed by atoms with Crippen LogP contribution in [0.3, 0.4) is 0 Å². The number of aryl methyl sites for hydroxylation is 1. The average Bonchev–Trinajstić information content (AvgIpc) is 2.87. The SMILES string of the molecule is CN(Cc1ccc(F)cc1)C(=O)c1cc2c(F)cccc2n1C. The molecule has 0 saturated heterocycles. The molecule has 0 bridgehead atoms. The fraction of sp³-hybridized carbons (Fsp3) is 0.167. The van der Waals surface area contributed by atoms with Crippen LogP contribution in [0, 0.1) is 11.6 Å². The second-order valence-electron chi connectivity index (χ2n) is 5.55. The third-order valence-corrected chi connectivity index (χ3v) is 3.93. The summed E-state index contributed by atoms with van der Waals surface area (Å²) in [6.07, 6.45) is 0. The molecule has 1 aromatic heterocycles. The maximum Gasteiger partial charge on any atom is 0.270 e. The van der Waals surface area contributed by atoms with Crippen LogP contribution >= 0.6 is 0 Å². The third-order valence-electron chi connectivity index (χ3n) is 3.93. The summed E-state index contributed by atoms with van der Waals surface area (Å²) in [7, 11) is 3.40. The van der Waals surface area contributed by atoms with Gasteiger partial charge in [-0.15, -0.1) is 0 Å². The van der Waals surface area contributed by atoms with Crippen molar-refractivity contribution in [2.75, 3.05) is 7.05 Å². The lowest BCUT2D eigenvalue weighted by Crippen LogP contribution is -2.27. The number of halogens is 2. The zero-order valence-electron chi connectivity index (χ0n) is 12.9. The highest BCUT2D eigenvalue weighted by Crippen LogP contribution is 2.22. The monoisotopic (exact) mass is 314 g/mol. The summed E-state index contributed by atoms with van der Waals surface area (Å²) in [5.74, 6) is -0.877. The molecular formula is C18H16F2N2O. The van der Waals surface area contributed by atoms with Gasteiger partial charge in [0.1, 0.15) is 17.3 Å². The Balaban J connectivity index is 1.89. The van der Waals surface area contributed by atoms with Gasteiger partial charge in [-0.05, 0) is 35.9 Å². The van der Waals surface area contributed by atoms with Gasteiger partial charge in [0.25, 0.3) is 5.91 Å². The van der Waals surface area contributed by atoms with E-state index in [1.54, 1.807) is 49.0 Å². The summed E-state index contributed by atoms with van der Waals surface area (Å²) in [6, 6.07) is 12.3. The van der Waals surface area contributed by atoms with Crippen LogP contribution in [0.5, 0.6) is 0 Å². The molecule has 5 heteroatoms. The molecule has 0 N–H and O–H groups in total. The minimum absolute atomic E-state index is 0.215. The summed E-state index contributed by atoms with van der Waals surface area (Å²) < 4.78 is 28.5. The van der Waals surface area contributed by atoms with Crippen LogP contribution in [0.1, 0.15) is 16.1 Å². The van der Waals surface area contributed by atoms with E-state index in [4.69, 9.17) is 0 Å². The van der Waals surface area contributed by atoms with Crippen molar-refractivity contribution in [1.82, 2.24) is 9.47 Å². The van der Waals surface area contributed by atoms with Crippen molar-refractivity contribution in [2.24, 2.45) is 7.05 Å². The first-order chi connectivity index (χ1) is 11.0. The molecule has 0 radical (unpaired) electrons. The molecule has 1 amide bonds. The predicted molar refractivity (Wildman–Crippen MR) is 85.1 cm³/mol. The van der Waals surface area contributed by atoms with Gasteiger partial charge in [-0.3, -0.25) is 4.79 Å². The zero-order chi connectivity index (χ0) is 16.6. The van der Waals surface area contributed by atoms with Crippen molar-refractivity contribution in [2.45, 2.75) is 6.54 Å². The topological polar surface area (TPSA) is 25.2 Å². The number of hydrogen-bond acceptors (Lipinski definition) is 1. The van der Waals surface area contributed by atoms with Crippen LogP contribution in [0.4, 0.5) is 8.78 Å². The molecular weight excluding hydrogens is 298 g/mol. The van der Waals surface area contributed by atoms with Gasteiger partial charge in [-0.2, -0.15) is 0 Å². The second kappa shape index (κ2) is 5.83. The minimum Gasteiger partial charge on any atom is -0.340 e. The maximum absolute atomic E-state index is 13.9. The highest BCUT2D eigenvalue weighted by molar-refractivity contribution is 5.98. The first-order valence-electron chi connectivity index (χ1n) is 7.21. The minimum atomic E-state index is -0.349. The van der Waals surface area contributed by atoms with Crippen LogP contribution in [-0.2, 0) is 13.6 Å². The Morgan fingerprint density at radius 1 is 1.13 bits per heavy atom. The fourth-order valence-corrected chi connectivity index (χ4v) is 2.66. The van der Waals surface area contributed by atoms with Gasteiger partial charge in [0.15, 0.2) is 0 Å². The number of fused-ring (bicyclic) bond motifs is 1. The van der Waals surface area contributed by atoms with Gasteiger partial charge in [0.2, 0.25) is 0 Å². The molecule has 0 atom stereocenters. The molecule has 3 aromatic rings. The van der Waals surface area contributed by atoms with E-state index in [-0.39, 0.29) is 17.5 Å². The molecule has 3 rings (SSSR count). The van der Waals surface area contributed by atoms with E-state index in [0.717, 1.165) is 5.56 Å². The highest BCUT2D eigenvalue weighted by Gasteiger charge is 2.18. The van der Waals surface area contributed by atoms with Crippen molar-refractivity contribution in [1.29, 1.82) is 0 Å². The van der Waals surface area contributed by atoms with Gasteiger partial charge in [0.05, 0.1) is 5.52 Å². The molecule has 23 heavy (non-hydrogen) atoms. The third kappa shape index (κ3) is 2.82. The molecule has 0 unspecified atom stereocenters. The van der Waals surface area contributed by atoms with Crippen molar-refractivity contribution in [3.05, 3.63) is 71.4 Å². The van der Waals surface area contributed by atoms with E-state index >= 15 is 0 Å². The first kappa shape index (κ1) is 15.2. The number of benzene rings is 2. The quantitative estimate of drug-likeness (QED) is 0.723. The van der Waals surface area contributed by atoms with Crippen molar-refractivity contribution < 1.29 is 13.6 Å². The number of hydrogen-bond donors (Lipinski definition) is 0. The van der Waals surface area contributed by atoms with Gasteiger partial charge < -0.3 is 9.47 Å². The molecule has 118 valence electrons. The Hall–Kier alpha value is -2.69. The van der Waals surface area contributed by atoms with E-state index in [2.05, 4.69) is 0 Å². The molecule has 3 nitrogen and oxygen atoms in total. The fourth-order valence-electron chi connectivity index (χ4n) is 2.66. The van der Waals surface area contributed by atoms with Crippen LogP contribution in [0.15, 0.2) is 48.5 Å². The summed E-state index contributed by atoms with van der Waals surface area (Å²) >= 11 is 0. The number of amides is 1. The summed E-state index contributed by atoms with van der Waals surface area (Å²) in [5, 5.41) is 0.425. The molecule has 0 aliphatic carbocycles. The van der Waals surface area contributed by atoms with Gasteiger partial charge >= 0.3 is 0 Å². The Labute approximate surface area is 132 Å². The average molecular weight is 314 g/mol. The van der Waals surface area contributed by atoms with Gasteiger partial charge in [-0.1, -0.05) is 18.2 Å². The van der Waals surface area contributed by atoms with Crippen LogP contribution in [0.2, 0.25) is 0 Å². The van der Waals surface area contributed by atoms with E-state index in [0.29, 0.717) is 23.1 Å². The number of aromatic nitrogens is 1. The summed E-state index contributed by atoms with van der Waals surface area (Å²) in [4.78, 5) is 14.2. The summed E-state index contributed by atoms with van der Waals surface area (Å²) in [6.45, 7) is 0.350. The van der Waals surface area contributed by atoms with E-state index < -0.39 is 0 Å². The zero-order valence-corrected chi connectivity index (χ0v) is 12.9. The van der Waals surface area contributed by atoms with Crippen molar-refractivity contribution in [3.63, 3.8) is 0 Å². The Morgan fingerprint density at radius 3 is 2.48 bits per heavy atom. The number of carbonyl (C=O) groups is 1. The van der Waals surface area contributed by atoms with Gasteiger partial charge in [0, 0.05) is 26.0 Å². The maximum atomic E-state index is 13.9. The smallest absolute Gasteiger partial charge is 0.270 e. The Kier molecular flexibility index (Phi) is 3.86. The predicted octanol–water partition coefficient (Wildman–Crippen LogP) is 3.73. The van der Waals surface area contributed by atoms with Crippen molar-refractivity contribution >= 4 is 16.8 Å². The number of carbonyl (C=O) groups excluding carboxylic acids is 1. The lowest BCUT2D eigenvalue weighted by atomic mass is 10.2. The molecule has 0 fully saturated rings. The lowest BCUT2D eigenvalue weighted by Gasteiger charge is -2.17. The summed E-state index contributed by atoms with van der Waals surface area (Å²) in [5.41, 5.74) is 1.91. The van der Waals surface area contributed by atoms with E-state index in [9.17, 15) is 13.6 Å². The van der Waals surface area contributed by atoms with Crippen LogP contribution < -0.4 is 0 Å². The molecule has 0 aliphatic heterocycles. The Morgan fingerprint density at radius 2 is 1.83 bits per heavy atom.